The number of aryl methyl sites for hydroxylation is 1. The molecule has 0 bridgehead atoms. The molecule has 1 amide bonds. The Hall–Kier alpha value is -2.34. The van der Waals surface area contributed by atoms with Crippen LogP contribution in [0.3, 0.4) is 0 Å². The Kier molecular flexibility index (Phi) is 4.09. The van der Waals surface area contributed by atoms with Crippen LogP contribution in [-0.4, -0.2) is 14.3 Å². The number of sulfonamides is 1. The minimum Gasteiger partial charge on any atom is -0.325 e. The Bertz CT molecular complexity index is 904. The zero-order valence-electron chi connectivity index (χ0n) is 13.8. The van der Waals surface area contributed by atoms with Gasteiger partial charge in [-0.2, -0.15) is 0 Å². The number of hydrogen-bond donors (Lipinski definition) is 2. The molecule has 6 heteroatoms. The highest BCUT2D eigenvalue weighted by atomic mass is 32.2. The number of carbonyl (C=O) groups is 1. The molecule has 1 unspecified atom stereocenters. The Morgan fingerprint density at radius 3 is 2.54 bits per heavy atom. The molecule has 2 aromatic rings. The number of fused-ring (bicyclic) bond motifs is 1. The first-order valence-corrected chi connectivity index (χ1v) is 9.30. The SMILES string of the molecule is Cc1cccc(S(=O)(=O)Nc2ccc3c(c2)C(C(C)C)C(=O)N3)c1. The van der Waals surface area contributed by atoms with E-state index in [1.165, 1.54) is 0 Å². The van der Waals surface area contributed by atoms with Crippen LogP contribution in [-0.2, 0) is 14.8 Å². The molecule has 0 spiro atoms. The predicted octanol–water partition coefficient (Wildman–Crippen LogP) is 3.49. The monoisotopic (exact) mass is 344 g/mol. The molecular formula is C18H20N2O3S. The Morgan fingerprint density at radius 1 is 1.12 bits per heavy atom. The second-order valence-corrected chi connectivity index (χ2v) is 8.12. The van der Waals surface area contributed by atoms with E-state index < -0.39 is 10.0 Å². The van der Waals surface area contributed by atoms with Crippen LogP contribution >= 0.6 is 0 Å². The van der Waals surface area contributed by atoms with Crippen molar-refractivity contribution in [3.05, 3.63) is 53.6 Å². The van der Waals surface area contributed by atoms with Crippen LogP contribution in [0.25, 0.3) is 0 Å². The molecule has 1 atom stereocenters. The third kappa shape index (κ3) is 3.01. The molecule has 5 nitrogen and oxygen atoms in total. The summed E-state index contributed by atoms with van der Waals surface area (Å²) < 4.78 is 27.7. The lowest BCUT2D eigenvalue weighted by atomic mass is 9.89. The summed E-state index contributed by atoms with van der Waals surface area (Å²) in [5.74, 6) is -0.169. The van der Waals surface area contributed by atoms with Crippen molar-refractivity contribution < 1.29 is 13.2 Å². The maximum absolute atomic E-state index is 12.5. The van der Waals surface area contributed by atoms with Gasteiger partial charge in [-0.15, -0.1) is 0 Å². The highest BCUT2D eigenvalue weighted by molar-refractivity contribution is 7.92. The van der Waals surface area contributed by atoms with Gasteiger partial charge in [0.05, 0.1) is 10.8 Å². The summed E-state index contributed by atoms with van der Waals surface area (Å²) in [5, 5.41) is 2.84. The van der Waals surface area contributed by atoms with E-state index in [1.807, 2.05) is 26.8 Å². The van der Waals surface area contributed by atoms with Crippen molar-refractivity contribution in [3.63, 3.8) is 0 Å². The fourth-order valence-electron chi connectivity index (χ4n) is 3.01. The van der Waals surface area contributed by atoms with Crippen molar-refractivity contribution in [1.82, 2.24) is 0 Å². The Labute approximate surface area is 142 Å². The van der Waals surface area contributed by atoms with E-state index in [-0.39, 0.29) is 22.6 Å². The number of nitrogens with one attached hydrogen (secondary N) is 2. The van der Waals surface area contributed by atoms with Crippen molar-refractivity contribution in [2.45, 2.75) is 31.6 Å². The number of benzene rings is 2. The van der Waals surface area contributed by atoms with E-state index in [4.69, 9.17) is 0 Å². The van der Waals surface area contributed by atoms with E-state index in [0.717, 1.165) is 16.8 Å². The van der Waals surface area contributed by atoms with Gasteiger partial charge < -0.3 is 5.32 Å². The van der Waals surface area contributed by atoms with Gasteiger partial charge in [-0.1, -0.05) is 26.0 Å². The summed E-state index contributed by atoms with van der Waals surface area (Å²) in [4.78, 5) is 12.3. The molecule has 1 aliphatic heterocycles. The quantitative estimate of drug-likeness (QED) is 0.891. The van der Waals surface area contributed by atoms with Gasteiger partial charge in [0, 0.05) is 11.4 Å². The number of anilines is 2. The molecule has 0 saturated heterocycles. The summed E-state index contributed by atoms with van der Waals surface area (Å²) in [6.45, 7) is 5.80. The summed E-state index contributed by atoms with van der Waals surface area (Å²) in [6.07, 6.45) is 0. The largest absolute Gasteiger partial charge is 0.325 e. The molecule has 1 heterocycles. The van der Waals surface area contributed by atoms with Gasteiger partial charge in [0.15, 0.2) is 0 Å². The van der Waals surface area contributed by atoms with E-state index >= 15 is 0 Å². The summed E-state index contributed by atoms with van der Waals surface area (Å²) >= 11 is 0. The van der Waals surface area contributed by atoms with Crippen LogP contribution in [0.5, 0.6) is 0 Å². The number of rotatable bonds is 4. The fraction of sp³-hybridized carbons (Fsp3) is 0.278. The summed E-state index contributed by atoms with van der Waals surface area (Å²) in [7, 11) is -3.66. The van der Waals surface area contributed by atoms with Crippen molar-refractivity contribution in [3.8, 4) is 0 Å². The molecule has 24 heavy (non-hydrogen) atoms. The zero-order valence-corrected chi connectivity index (χ0v) is 14.6. The number of hydrogen-bond acceptors (Lipinski definition) is 3. The van der Waals surface area contributed by atoms with Crippen LogP contribution in [0.15, 0.2) is 47.4 Å². The standard InChI is InChI=1S/C18H20N2O3S/c1-11(2)17-15-10-13(7-8-16(15)19-18(17)21)20-24(22,23)14-6-4-5-12(3)9-14/h4-11,17,20H,1-3H3,(H,19,21). The molecule has 1 aliphatic rings. The first-order valence-electron chi connectivity index (χ1n) is 7.82. The van der Waals surface area contributed by atoms with Gasteiger partial charge in [-0.25, -0.2) is 8.42 Å². The van der Waals surface area contributed by atoms with Crippen molar-refractivity contribution in [2.75, 3.05) is 10.0 Å². The number of amides is 1. The van der Waals surface area contributed by atoms with Gasteiger partial charge in [0.2, 0.25) is 5.91 Å². The first-order chi connectivity index (χ1) is 11.3. The molecule has 2 aromatic carbocycles. The van der Waals surface area contributed by atoms with Gasteiger partial charge in [-0.05, 0) is 54.3 Å². The molecular weight excluding hydrogens is 324 g/mol. The van der Waals surface area contributed by atoms with Gasteiger partial charge in [-0.3, -0.25) is 9.52 Å². The smallest absolute Gasteiger partial charge is 0.261 e. The minimum atomic E-state index is -3.66. The van der Waals surface area contributed by atoms with Gasteiger partial charge >= 0.3 is 0 Å². The third-order valence-electron chi connectivity index (χ3n) is 4.15. The molecule has 0 saturated carbocycles. The third-order valence-corrected chi connectivity index (χ3v) is 5.52. The highest BCUT2D eigenvalue weighted by Crippen LogP contribution is 2.38. The van der Waals surface area contributed by atoms with Crippen LogP contribution < -0.4 is 10.0 Å². The van der Waals surface area contributed by atoms with E-state index in [1.54, 1.807) is 36.4 Å². The summed E-state index contributed by atoms with van der Waals surface area (Å²) in [6, 6.07) is 11.9. The highest BCUT2D eigenvalue weighted by Gasteiger charge is 2.33. The first kappa shape index (κ1) is 16.5. The van der Waals surface area contributed by atoms with Gasteiger partial charge in [0.1, 0.15) is 0 Å². The normalized spacial score (nSPS) is 16.8. The van der Waals surface area contributed by atoms with Crippen LogP contribution in [0.2, 0.25) is 0 Å². The molecule has 3 rings (SSSR count). The maximum Gasteiger partial charge on any atom is 0.261 e. The molecule has 0 fully saturated rings. The second-order valence-electron chi connectivity index (χ2n) is 6.43. The lowest BCUT2D eigenvalue weighted by molar-refractivity contribution is -0.117. The van der Waals surface area contributed by atoms with Crippen LogP contribution in [0.4, 0.5) is 11.4 Å². The average Bonchev–Trinajstić information content (AvgIpc) is 2.82. The molecule has 126 valence electrons. The molecule has 0 radical (unpaired) electrons. The topological polar surface area (TPSA) is 75.3 Å². The predicted molar refractivity (Wildman–Crippen MR) is 94.6 cm³/mol. The molecule has 0 aromatic heterocycles. The Balaban J connectivity index is 1.94. The lowest BCUT2D eigenvalue weighted by Gasteiger charge is -2.14. The van der Waals surface area contributed by atoms with Crippen LogP contribution in [0, 0.1) is 12.8 Å². The van der Waals surface area contributed by atoms with E-state index in [0.29, 0.717) is 5.69 Å². The van der Waals surface area contributed by atoms with Crippen molar-refractivity contribution >= 4 is 27.3 Å². The molecule has 2 N–H and O–H groups in total. The van der Waals surface area contributed by atoms with Crippen molar-refractivity contribution in [1.29, 1.82) is 0 Å². The van der Waals surface area contributed by atoms with Crippen LogP contribution in [0.1, 0.15) is 30.9 Å². The van der Waals surface area contributed by atoms with Crippen molar-refractivity contribution in [2.24, 2.45) is 5.92 Å². The number of carbonyl (C=O) groups excluding carboxylic acids is 1. The fourth-order valence-corrected chi connectivity index (χ4v) is 4.16. The average molecular weight is 344 g/mol. The minimum absolute atomic E-state index is 0.0429. The zero-order chi connectivity index (χ0) is 17.5. The van der Waals surface area contributed by atoms with E-state index in [9.17, 15) is 13.2 Å². The summed E-state index contributed by atoms with van der Waals surface area (Å²) in [5.41, 5.74) is 2.91. The van der Waals surface area contributed by atoms with E-state index in [2.05, 4.69) is 10.0 Å². The second kappa shape index (κ2) is 5.94. The maximum atomic E-state index is 12.5. The molecule has 0 aliphatic carbocycles. The van der Waals surface area contributed by atoms with Gasteiger partial charge in [0.25, 0.3) is 10.0 Å². The Morgan fingerprint density at radius 2 is 1.88 bits per heavy atom. The lowest BCUT2D eigenvalue weighted by Crippen LogP contribution is -2.17.